The predicted molar refractivity (Wildman–Crippen MR) is 94.6 cm³/mol. The van der Waals surface area contributed by atoms with Crippen molar-refractivity contribution in [3.05, 3.63) is 48.0 Å². The minimum Gasteiger partial charge on any atom is -0.497 e. The molecule has 0 aromatic heterocycles. The summed E-state index contributed by atoms with van der Waals surface area (Å²) in [6.07, 6.45) is 0. The molecule has 2 rings (SSSR count). The first-order valence-corrected chi connectivity index (χ1v) is 7.85. The summed E-state index contributed by atoms with van der Waals surface area (Å²) in [5.41, 5.74) is 0.912. The number of nitrogens with one attached hydrogen (secondary N) is 1. The van der Waals surface area contributed by atoms with Gasteiger partial charge >= 0.3 is 0 Å². The van der Waals surface area contributed by atoms with Gasteiger partial charge in [0.05, 0.1) is 27.4 Å². The van der Waals surface area contributed by atoms with Gasteiger partial charge in [-0.05, 0) is 48.9 Å². The van der Waals surface area contributed by atoms with Crippen molar-refractivity contribution in [1.82, 2.24) is 5.32 Å². The highest BCUT2D eigenvalue weighted by molar-refractivity contribution is 5.78. The fourth-order valence-electron chi connectivity index (χ4n) is 2.31. The Morgan fingerprint density at radius 1 is 0.920 bits per heavy atom. The van der Waals surface area contributed by atoms with E-state index >= 15 is 0 Å². The van der Waals surface area contributed by atoms with Crippen LogP contribution in [0.5, 0.6) is 23.0 Å². The Hall–Kier alpha value is -2.89. The third-order valence-corrected chi connectivity index (χ3v) is 3.71. The Morgan fingerprint density at radius 3 is 2.16 bits per heavy atom. The van der Waals surface area contributed by atoms with E-state index in [0.29, 0.717) is 17.2 Å². The summed E-state index contributed by atoms with van der Waals surface area (Å²) in [6, 6.07) is 12.4. The Labute approximate surface area is 147 Å². The first-order valence-electron chi connectivity index (χ1n) is 7.85. The van der Waals surface area contributed by atoms with Gasteiger partial charge in [0.15, 0.2) is 18.1 Å². The number of carbonyl (C=O) groups excluding carboxylic acids is 1. The van der Waals surface area contributed by atoms with Crippen molar-refractivity contribution in [2.75, 3.05) is 27.9 Å². The molecule has 6 nitrogen and oxygen atoms in total. The van der Waals surface area contributed by atoms with Gasteiger partial charge in [0.25, 0.3) is 5.91 Å². The van der Waals surface area contributed by atoms with Gasteiger partial charge in [0.1, 0.15) is 11.5 Å². The molecule has 2 aromatic carbocycles. The van der Waals surface area contributed by atoms with Crippen molar-refractivity contribution in [3.8, 4) is 23.0 Å². The second-order valence-electron chi connectivity index (χ2n) is 5.37. The lowest BCUT2D eigenvalue weighted by Crippen LogP contribution is -2.31. The van der Waals surface area contributed by atoms with Crippen LogP contribution in [-0.2, 0) is 4.79 Å². The first-order chi connectivity index (χ1) is 12.1. The van der Waals surface area contributed by atoms with Crippen molar-refractivity contribution in [2.24, 2.45) is 0 Å². The molecule has 25 heavy (non-hydrogen) atoms. The summed E-state index contributed by atoms with van der Waals surface area (Å²) in [5.74, 6) is 2.40. The van der Waals surface area contributed by atoms with Gasteiger partial charge in [-0.1, -0.05) is 6.07 Å². The Bertz CT molecular complexity index is 699. The molecule has 1 amide bonds. The predicted octanol–water partition coefficient (Wildman–Crippen LogP) is 2.97. The van der Waals surface area contributed by atoms with Gasteiger partial charge in [-0.2, -0.15) is 0 Å². The highest BCUT2D eigenvalue weighted by atomic mass is 16.5. The van der Waals surface area contributed by atoms with E-state index in [-0.39, 0.29) is 18.6 Å². The average molecular weight is 345 g/mol. The topological polar surface area (TPSA) is 66.0 Å². The lowest BCUT2D eigenvalue weighted by atomic mass is 10.1. The summed E-state index contributed by atoms with van der Waals surface area (Å²) >= 11 is 0. The largest absolute Gasteiger partial charge is 0.497 e. The quantitative estimate of drug-likeness (QED) is 0.797. The Kier molecular flexibility index (Phi) is 6.51. The SMILES string of the molecule is COc1ccc(OCC(=O)N[C@@H](C)c2ccc(OC)c(OC)c2)cc1. The third-order valence-electron chi connectivity index (χ3n) is 3.71. The van der Waals surface area contributed by atoms with Crippen LogP contribution in [-0.4, -0.2) is 33.8 Å². The normalized spacial score (nSPS) is 11.4. The Balaban J connectivity index is 1.90. The zero-order valence-electron chi connectivity index (χ0n) is 14.9. The van der Waals surface area contributed by atoms with Gasteiger partial charge < -0.3 is 24.3 Å². The molecule has 134 valence electrons. The molecule has 0 spiro atoms. The van der Waals surface area contributed by atoms with Crippen molar-refractivity contribution < 1.29 is 23.7 Å². The molecule has 0 aliphatic rings. The number of methoxy groups -OCH3 is 3. The van der Waals surface area contributed by atoms with E-state index in [1.165, 1.54) is 0 Å². The average Bonchev–Trinajstić information content (AvgIpc) is 2.66. The van der Waals surface area contributed by atoms with Crippen LogP contribution in [0.25, 0.3) is 0 Å². The monoisotopic (exact) mass is 345 g/mol. The van der Waals surface area contributed by atoms with Crippen LogP contribution >= 0.6 is 0 Å². The van der Waals surface area contributed by atoms with Crippen LogP contribution in [0.15, 0.2) is 42.5 Å². The summed E-state index contributed by atoms with van der Waals surface area (Å²) in [4.78, 5) is 12.1. The number of amides is 1. The summed E-state index contributed by atoms with van der Waals surface area (Å²) in [5, 5.41) is 2.89. The molecule has 2 aromatic rings. The molecule has 0 heterocycles. The van der Waals surface area contributed by atoms with Crippen LogP contribution in [0.3, 0.4) is 0 Å². The number of benzene rings is 2. The molecule has 1 N–H and O–H groups in total. The lowest BCUT2D eigenvalue weighted by Gasteiger charge is -2.17. The molecule has 0 saturated heterocycles. The van der Waals surface area contributed by atoms with Crippen molar-refractivity contribution in [2.45, 2.75) is 13.0 Å². The lowest BCUT2D eigenvalue weighted by molar-refractivity contribution is -0.123. The molecule has 0 saturated carbocycles. The highest BCUT2D eigenvalue weighted by Gasteiger charge is 2.13. The second kappa shape index (κ2) is 8.82. The summed E-state index contributed by atoms with van der Waals surface area (Å²) in [7, 11) is 4.76. The third kappa shape index (κ3) is 5.04. The molecule has 0 fully saturated rings. The van der Waals surface area contributed by atoms with Gasteiger partial charge in [-0.3, -0.25) is 4.79 Å². The molecular weight excluding hydrogens is 322 g/mol. The number of carbonyl (C=O) groups is 1. The smallest absolute Gasteiger partial charge is 0.258 e. The molecule has 0 bridgehead atoms. The van der Waals surface area contributed by atoms with E-state index in [1.54, 1.807) is 45.6 Å². The molecular formula is C19H23NO5. The number of hydrogen-bond acceptors (Lipinski definition) is 5. The summed E-state index contributed by atoms with van der Waals surface area (Å²) < 4.78 is 21.0. The Morgan fingerprint density at radius 2 is 1.56 bits per heavy atom. The fraction of sp³-hybridized carbons (Fsp3) is 0.316. The van der Waals surface area contributed by atoms with E-state index in [9.17, 15) is 4.79 Å². The molecule has 0 unspecified atom stereocenters. The summed E-state index contributed by atoms with van der Waals surface area (Å²) in [6.45, 7) is 1.83. The minimum atomic E-state index is -0.210. The van der Waals surface area contributed by atoms with Crippen LogP contribution in [0.1, 0.15) is 18.5 Å². The first kappa shape index (κ1) is 18.4. The maximum absolute atomic E-state index is 12.1. The van der Waals surface area contributed by atoms with Gasteiger partial charge in [-0.15, -0.1) is 0 Å². The van der Waals surface area contributed by atoms with E-state index in [0.717, 1.165) is 11.3 Å². The zero-order valence-corrected chi connectivity index (χ0v) is 14.9. The molecule has 0 aliphatic carbocycles. The van der Waals surface area contributed by atoms with Crippen LogP contribution in [0, 0.1) is 0 Å². The molecule has 0 radical (unpaired) electrons. The van der Waals surface area contributed by atoms with Crippen LogP contribution in [0.4, 0.5) is 0 Å². The molecule has 6 heteroatoms. The highest BCUT2D eigenvalue weighted by Crippen LogP contribution is 2.29. The standard InChI is InChI=1S/C19H23NO5/c1-13(14-5-10-17(23-3)18(11-14)24-4)20-19(21)12-25-16-8-6-15(22-2)7-9-16/h5-11,13H,12H2,1-4H3,(H,20,21)/t13-/m0/s1. The van der Waals surface area contributed by atoms with Crippen molar-refractivity contribution >= 4 is 5.91 Å². The van der Waals surface area contributed by atoms with Gasteiger partial charge in [0, 0.05) is 0 Å². The molecule has 1 atom stereocenters. The van der Waals surface area contributed by atoms with E-state index in [4.69, 9.17) is 18.9 Å². The fourth-order valence-corrected chi connectivity index (χ4v) is 2.31. The van der Waals surface area contributed by atoms with Crippen LogP contribution in [0.2, 0.25) is 0 Å². The van der Waals surface area contributed by atoms with Gasteiger partial charge in [-0.25, -0.2) is 0 Å². The number of rotatable bonds is 8. The van der Waals surface area contributed by atoms with Gasteiger partial charge in [0.2, 0.25) is 0 Å². The minimum absolute atomic E-state index is 0.0655. The maximum atomic E-state index is 12.1. The van der Waals surface area contributed by atoms with Crippen molar-refractivity contribution in [3.63, 3.8) is 0 Å². The van der Waals surface area contributed by atoms with E-state index in [2.05, 4.69) is 5.32 Å². The number of ether oxygens (including phenoxy) is 4. The van der Waals surface area contributed by atoms with E-state index in [1.807, 2.05) is 25.1 Å². The van der Waals surface area contributed by atoms with Crippen molar-refractivity contribution in [1.29, 1.82) is 0 Å². The maximum Gasteiger partial charge on any atom is 0.258 e. The second-order valence-corrected chi connectivity index (χ2v) is 5.37. The van der Waals surface area contributed by atoms with E-state index < -0.39 is 0 Å². The molecule has 0 aliphatic heterocycles. The van der Waals surface area contributed by atoms with Crippen LogP contribution < -0.4 is 24.3 Å². The zero-order chi connectivity index (χ0) is 18.2. The number of hydrogen-bond donors (Lipinski definition) is 1.